The highest BCUT2D eigenvalue weighted by Gasteiger charge is 2.21. The van der Waals surface area contributed by atoms with Gasteiger partial charge in [-0.2, -0.15) is 0 Å². The third-order valence-corrected chi connectivity index (χ3v) is 3.96. The molecule has 0 aliphatic rings. The number of sulfonamides is 1. The molecule has 0 unspecified atom stereocenters. The summed E-state index contributed by atoms with van der Waals surface area (Å²) in [5.41, 5.74) is 7.55. The average molecular weight is 243 g/mol. The molecule has 0 heterocycles. The van der Waals surface area contributed by atoms with Gasteiger partial charge in [-0.15, -0.1) is 4.83 Å². The molecule has 1 rings (SSSR count). The zero-order valence-corrected chi connectivity index (χ0v) is 10.7. The lowest BCUT2D eigenvalue weighted by molar-refractivity contribution is 0.364. The maximum absolute atomic E-state index is 12.0. The van der Waals surface area contributed by atoms with Gasteiger partial charge in [-0.1, -0.05) is 6.07 Å². The highest BCUT2D eigenvalue weighted by molar-refractivity contribution is 7.89. The van der Waals surface area contributed by atoms with Gasteiger partial charge in [-0.3, -0.25) is 0 Å². The summed E-state index contributed by atoms with van der Waals surface area (Å²) in [4.78, 5) is 2.52. The van der Waals surface area contributed by atoms with Crippen molar-refractivity contribution in [3.05, 3.63) is 23.3 Å². The molecule has 6 heteroatoms. The first-order chi connectivity index (χ1) is 7.25. The number of nitrogens with two attached hydrogens (primary N) is 1. The van der Waals surface area contributed by atoms with E-state index >= 15 is 0 Å². The standard InChI is InChI=1S/C10H17N3O2S/c1-7-5-6-9(11)10(8(7)2)16(14,15)12-13(3)4/h5-6,12H,11H2,1-4H3. The monoisotopic (exact) mass is 243 g/mol. The van der Waals surface area contributed by atoms with Gasteiger partial charge in [0.2, 0.25) is 0 Å². The Morgan fingerprint density at radius 1 is 1.25 bits per heavy atom. The van der Waals surface area contributed by atoms with Crippen LogP contribution in [0.15, 0.2) is 17.0 Å². The van der Waals surface area contributed by atoms with Gasteiger partial charge < -0.3 is 5.73 Å². The van der Waals surface area contributed by atoms with Crippen LogP contribution >= 0.6 is 0 Å². The summed E-state index contributed by atoms with van der Waals surface area (Å²) in [6.07, 6.45) is 0. The number of benzene rings is 1. The van der Waals surface area contributed by atoms with Gasteiger partial charge in [0.25, 0.3) is 10.0 Å². The molecule has 0 radical (unpaired) electrons. The van der Waals surface area contributed by atoms with E-state index in [1.807, 2.05) is 6.92 Å². The third kappa shape index (κ3) is 2.52. The van der Waals surface area contributed by atoms with Crippen molar-refractivity contribution in [2.75, 3.05) is 19.8 Å². The number of rotatable bonds is 3. The lowest BCUT2D eigenvalue weighted by Gasteiger charge is -2.16. The van der Waals surface area contributed by atoms with Crippen LogP contribution in [0.25, 0.3) is 0 Å². The minimum Gasteiger partial charge on any atom is -0.398 e. The summed E-state index contributed by atoms with van der Waals surface area (Å²) in [5.74, 6) is 0. The fraction of sp³-hybridized carbons (Fsp3) is 0.400. The molecule has 0 saturated carbocycles. The predicted octanol–water partition coefficient (Wildman–Crippen LogP) is 0.641. The van der Waals surface area contributed by atoms with Crippen molar-refractivity contribution in [2.24, 2.45) is 0 Å². The Morgan fingerprint density at radius 2 is 1.81 bits per heavy atom. The highest BCUT2D eigenvalue weighted by Crippen LogP contribution is 2.24. The quantitative estimate of drug-likeness (QED) is 0.603. The zero-order valence-electron chi connectivity index (χ0n) is 9.90. The molecule has 0 amide bonds. The Bertz CT molecular complexity index is 495. The number of hydrogen-bond acceptors (Lipinski definition) is 4. The molecule has 1 aromatic carbocycles. The SMILES string of the molecule is Cc1ccc(N)c(S(=O)(=O)NN(C)C)c1C. The summed E-state index contributed by atoms with van der Waals surface area (Å²) in [5, 5.41) is 1.37. The largest absolute Gasteiger partial charge is 0.398 e. The van der Waals surface area contributed by atoms with Gasteiger partial charge >= 0.3 is 0 Å². The predicted molar refractivity (Wildman–Crippen MR) is 64.3 cm³/mol. The maximum Gasteiger partial charge on any atom is 0.255 e. The van der Waals surface area contributed by atoms with E-state index in [0.717, 1.165) is 5.56 Å². The number of nitrogen functional groups attached to an aromatic ring is 1. The van der Waals surface area contributed by atoms with Crippen LogP contribution < -0.4 is 10.6 Å². The average Bonchev–Trinajstić information content (AvgIpc) is 2.09. The van der Waals surface area contributed by atoms with Crippen LogP contribution in [0.1, 0.15) is 11.1 Å². The molecule has 1 aromatic rings. The molecule has 90 valence electrons. The Morgan fingerprint density at radius 3 is 2.31 bits per heavy atom. The molecular weight excluding hydrogens is 226 g/mol. The number of hydrazine groups is 1. The molecule has 5 nitrogen and oxygen atoms in total. The van der Waals surface area contributed by atoms with Crippen LogP contribution in [0.5, 0.6) is 0 Å². The number of aryl methyl sites for hydroxylation is 1. The van der Waals surface area contributed by atoms with Crippen molar-refractivity contribution in [1.29, 1.82) is 0 Å². The van der Waals surface area contributed by atoms with Gasteiger partial charge in [0.1, 0.15) is 4.90 Å². The van der Waals surface area contributed by atoms with E-state index in [-0.39, 0.29) is 10.6 Å². The Balaban J connectivity index is 3.38. The molecule has 0 fully saturated rings. The van der Waals surface area contributed by atoms with Crippen LogP contribution in [0.3, 0.4) is 0 Å². The highest BCUT2D eigenvalue weighted by atomic mass is 32.2. The van der Waals surface area contributed by atoms with Gasteiger partial charge in [0, 0.05) is 14.1 Å². The summed E-state index contributed by atoms with van der Waals surface area (Å²) < 4.78 is 24.0. The smallest absolute Gasteiger partial charge is 0.255 e. The Labute approximate surface area is 96.3 Å². The number of hydrogen-bond donors (Lipinski definition) is 2. The van der Waals surface area contributed by atoms with Gasteiger partial charge in [0.15, 0.2) is 0 Å². The second-order valence-electron chi connectivity index (χ2n) is 3.91. The first-order valence-corrected chi connectivity index (χ1v) is 6.29. The molecule has 0 aliphatic heterocycles. The second kappa shape index (κ2) is 4.40. The molecule has 0 saturated heterocycles. The van der Waals surface area contributed by atoms with E-state index in [1.165, 1.54) is 5.01 Å². The van der Waals surface area contributed by atoms with E-state index in [9.17, 15) is 8.42 Å². The Kier molecular flexibility index (Phi) is 3.57. The van der Waals surface area contributed by atoms with Gasteiger partial charge in [-0.05, 0) is 31.0 Å². The van der Waals surface area contributed by atoms with Crippen LogP contribution in [-0.4, -0.2) is 27.5 Å². The summed E-state index contributed by atoms with van der Waals surface area (Å²) in [7, 11) is -0.372. The Hall–Kier alpha value is -1.11. The molecule has 0 spiro atoms. The lowest BCUT2D eigenvalue weighted by atomic mass is 10.1. The van der Waals surface area contributed by atoms with E-state index in [1.54, 1.807) is 33.2 Å². The normalized spacial score (nSPS) is 12.1. The van der Waals surface area contributed by atoms with Crippen LogP contribution in [0.4, 0.5) is 5.69 Å². The molecule has 0 bridgehead atoms. The summed E-state index contributed by atoms with van der Waals surface area (Å²) in [6, 6.07) is 3.41. The third-order valence-electron chi connectivity index (χ3n) is 2.28. The lowest BCUT2D eigenvalue weighted by Crippen LogP contribution is -2.36. The molecule has 3 N–H and O–H groups in total. The van der Waals surface area contributed by atoms with E-state index < -0.39 is 10.0 Å². The fourth-order valence-corrected chi connectivity index (χ4v) is 2.97. The second-order valence-corrected chi connectivity index (χ2v) is 5.51. The van der Waals surface area contributed by atoms with Crippen molar-refractivity contribution in [1.82, 2.24) is 9.84 Å². The minimum absolute atomic E-state index is 0.154. The summed E-state index contributed by atoms with van der Waals surface area (Å²) in [6.45, 7) is 3.60. The van der Waals surface area contributed by atoms with E-state index in [4.69, 9.17) is 5.73 Å². The van der Waals surface area contributed by atoms with Crippen molar-refractivity contribution in [3.8, 4) is 0 Å². The molecule has 16 heavy (non-hydrogen) atoms. The molecule has 0 aromatic heterocycles. The van der Waals surface area contributed by atoms with Crippen molar-refractivity contribution in [2.45, 2.75) is 18.7 Å². The molecular formula is C10H17N3O2S. The first kappa shape index (κ1) is 13.0. The fourth-order valence-electron chi connectivity index (χ4n) is 1.45. The zero-order chi connectivity index (χ0) is 12.5. The summed E-state index contributed by atoms with van der Waals surface area (Å²) >= 11 is 0. The van der Waals surface area contributed by atoms with Gasteiger partial charge in [-0.25, -0.2) is 13.4 Å². The number of nitrogens with zero attached hydrogens (tertiary/aromatic N) is 1. The topological polar surface area (TPSA) is 75.4 Å². The molecule has 0 aliphatic carbocycles. The van der Waals surface area contributed by atoms with E-state index in [0.29, 0.717) is 5.56 Å². The van der Waals surface area contributed by atoms with Crippen LogP contribution in [-0.2, 0) is 10.0 Å². The minimum atomic E-state index is -3.59. The van der Waals surface area contributed by atoms with Gasteiger partial charge in [0.05, 0.1) is 5.69 Å². The number of anilines is 1. The molecule has 0 atom stereocenters. The van der Waals surface area contributed by atoms with Crippen LogP contribution in [0.2, 0.25) is 0 Å². The van der Waals surface area contributed by atoms with E-state index in [2.05, 4.69) is 4.83 Å². The van der Waals surface area contributed by atoms with Crippen molar-refractivity contribution in [3.63, 3.8) is 0 Å². The van der Waals surface area contributed by atoms with Crippen molar-refractivity contribution >= 4 is 15.7 Å². The van der Waals surface area contributed by atoms with Crippen LogP contribution in [0, 0.1) is 13.8 Å². The van der Waals surface area contributed by atoms with Crippen molar-refractivity contribution < 1.29 is 8.42 Å². The first-order valence-electron chi connectivity index (χ1n) is 4.81. The number of nitrogens with one attached hydrogen (secondary N) is 1. The maximum atomic E-state index is 12.0.